The third-order valence-corrected chi connectivity index (χ3v) is 7.61. The van der Waals surface area contributed by atoms with Crippen molar-refractivity contribution in [1.29, 1.82) is 0 Å². The van der Waals surface area contributed by atoms with Gasteiger partial charge in [-0.05, 0) is 59.3 Å². The SMILES string of the molecule is O=C1S/C(=C\c2cn(Cc3ccc(Br)cc3)c3ccccc23)C(=O)N1Cc1ccc(Cl)cc1Cl. The van der Waals surface area contributed by atoms with Crippen LogP contribution in [-0.2, 0) is 17.9 Å². The minimum absolute atomic E-state index is 0.101. The van der Waals surface area contributed by atoms with Crippen LogP contribution < -0.4 is 0 Å². The molecule has 1 aliphatic rings. The Balaban J connectivity index is 1.45. The second-order valence-electron chi connectivity index (χ2n) is 7.86. The van der Waals surface area contributed by atoms with Crippen LogP contribution in [0.4, 0.5) is 4.79 Å². The van der Waals surface area contributed by atoms with Crippen LogP contribution in [-0.4, -0.2) is 20.6 Å². The van der Waals surface area contributed by atoms with E-state index in [4.69, 9.17) is 23.2 Å². The third kappa shape index (κ3) is 4.68. The summed E-state index contributed by atoms with van der Waals surface area (Å²) in [7, 11) is 0. The van der Waals surface area contributed by atoms with Gasteiger partial charge in [0.1, 0.15) is 0 Å². The molecule has 0 aliphatic carbocycles. The first-order chi connectivity index (χ1) is 16.4. The number of fused-ring (bicyclic) bond motifs is 1. The van der Waals surface area contributed by atoms with E-state index in [-0.39, 0.29) is 17.7 Å². The van der Waals surface area contributed by atoms with Crippen LogP contribution in [0, 0.1) is 0 Å². The molecule has 0 N–H and O–H groups in total. The summed E-state index contributed by atoms with van der Waals surface area (Å²) < 4.78 is 3.19. The van der Waals surface area contributed by atoms with Crippen LogP contribution in [0.1, 0.15) is 16.7 Å². The average Bonchev–Trinajstić information content (AvgIpc) is 3.29. The Morgan fingerprint density at radius 3 is 2.47 bits per heavy atom. The number of hydrogen-bond donors (Lipinski definition) is 0. The molecule has 8 heteroatoms. The Hall–Kier alpha value is -2.51. The van der Waals surface area contributed by atoms with Crippen molar-refractivity contribution in [3.8, 4) is 0 Å². The van der Waals surface area contributed by atoms with Crippen molar-refractivity contribution in [2.75, 3.05) is 0 Å². The molecule has 2 amide bonds. The molecule has 4 nitrogen and oxygen atoms in total. The molecule has 4 aromatic rings. The van der Waals surface area contributed by atoms with E-state index in [1.807, 2.05) is 36.5 Å². The first kappa shape index (κ1) is 23.2. The van der Waals surface area contributed by atoms with Crippen LogP contribution in [0.5, 0.6) is 0 Å². The summed E-state index contributed by atoms with van der Waals surface area (Å²) in [6, 6.07) is 21.3. The maximum Gasteiger partial charge on any atom is 0.293 e. The molecule has 2 heterocycles. The van der Waals surface area contributed by atoms with Gasteiger partial charge in [-0.2, -0.15) is 0 Å². The highest BCUT2D eigenvalue weighted by molar-refractivity contribution is 9.10. The summed E-state index contributed by atoms with van der Waals surface area (Å²) in [6.45, 7) is 0.793. The van der Waals surface area contributed by atoms with Crippen molar-refractivity contribution in [2.45, 2.75) is 13.1 Å². The van der Waals surface area contributed by atoms with E-state index in [1.54, 1.807) is 24.3 Å². The summed E-state index contributed by atoms with van der Waals surface area (Å²) in [4.78, 5) is 27.4. The Morgan fingerprint density at radius 2 is 1.71 bits per heavy atom. The number of nitrogens with zero attached hydrogens (tertiary/aromatic N) is 2. The van der Waals surface area contributed by atoms with Gasteiger partial charge in [-0.25, -0.2) is 0 Å². The molecule has 0 bridgehead atoms. The van der Waals surface area contributed by atoms with E-state index in [2.05, 4.69) is 38.7 Å². The summed E-state index contributed by atoms with van der Waals surface area (Å²) in [5.41, 5.74) is 3.78. The van der Waals surface area contributed by atoms with Gasteiger partial charge in [0.2, 0.25) is 0 Å². The maximum absolute atomic E-state index is 13.1. The van der Waals surface area contributed by atoms with Crippen LogP contribution in [0.2, 0.25) is 10.0 Å². The number of rotatable bonds is 5. The van der Waals surface area contributed by atoms with Gasteiger partial charge < -0.3 is 4.57 Å². The molecular weight excluding hydrogens is 555 g/mol. The largest absolute Gasteiger partial charge is 0.342 e. The van der Waals surface area contributed by atoms with Crippen molar-refractivity contribution in [3.05, 3.63) is 109 Å². The zero-order valence-corrected chi connectivity index (χ0v) is 21.6. The molecule has 0 spiro atoms. The molecule has 1 aliphatic heterocycles. The molecule has 1 fully saturated rings. The normalized spacial score (nSPS) is 15.1. The summed E-state index contributed by atoms with van der Waals surface area (Å²) in [5, 5.41) is 1.63. The van der Waals surface area contributed by atoms with Crippen LogP contribution in [0.15, 0.2) is 82.3 Å². The molecule has 1 aromatic heterocycles. The van der Waals surface area contributed by atoms with Crippen LogP contribution in [0.25, 0.3) is 17.0 Å². The first-order valence-electron chi connectivity index (χ1n) is 10.4. The monoisotopic (exact) mass is 570 g/mol. The second-order valence-corrected chi connectivity index (χ2v) is 10.6. The van der Waals surface area contributed by atoms with Crippen molar-refractivity contribution in [1.82, 2.24) is 9.47 Å². The van der Waals surface area contributed by atoms with E-state index < -0.39 is 0 Å². The van der Waals surface area contributed by atoms with Gasteiger partial charge >= 0.3 is 0 Å². The molecule has 34 heavy (non-hydrogen) atoms. The van der Waals surface area contributed by atoms with E-state index >= 15 is 0 Å². The summed E-state index contributed by atoms with van der Waals surface area (Å²) in [6.07, 6.45) is 3.82. The third-order valence-electron chi connectivity index (χ3n) is 5.59. The molecular formula is C26H17BrCl2N2O2S. The van der Waals surface area contributed by atoms with Crippen LogP contribution in [0.3, 0.4) is 0 Å². The number of imide groups is 1. The zero-order valence-electron chi connectivity index (χ0n) is 17.7. The molecule has 3 aromatic carbocycles. The van der Waals surface area contributed by atoms with Gasteiger partial charge in [0.05, 0.1) is 11.4 Å². The van der Waals surface area contributed by atoms with E-state index in [0.717, 1.165) is 38.3 Å². The fraction of sp³-hybridized carbons (Fsp3) is 0.0769. The Bertz CT molecular complexity index is 1460. The molecule has 0 radical (unpaired) electrons. The quantitative estimate of drug-likeness (QED) is 0.228. The predicted octanol–water partition coefficient (Wildman–Crippen LogP) is 8.00. The predicted molar refractivity (Wildman–Crippen MR) is 143 cm³/mol. The Morgan fingerprint density at radius 1 is 0.941 bits per heavy atom. The molecule has 170 valence electrons. The van der Waals surface area contributed by atoms with Crippen molar-refractivity contribution in [2.24, 2.45) is 0 Å². The van der Waals surface area contributed by atoms with Crippen LogP contribution >= 0.6 is 50.9 Å². The van der Waals surface area contributed by atoms with Gasteiger partial charge in [0.15, 0.2) is 0 Å². The van der Waals surface area contributed by atoms with Gasteiger partial charge in [-0.15, -0.1) is 0 Å². The minimum atomic E-state index is -0.328. The smallest absolute Gasteiger partial charge is 0.293 e. The maximum atomic E-state index is 13.1. The highest BCUT2D eigenvalue weighted by Crippen LogP contribution is 2.36. The number of halogens is 3. The number of aromatic nitrogens is 1. The lowest BCUT2D eigenvalue weighted by molar-refractivity contribution is -0.123. The zero-order chi connectivity index (χ0) is 23.8. The van der Waals surface area contributed by atoms with Gasteiger partial charge in [0, 0.05) is 43.7 Å². The number of thioether (sulfide) groups is 1. The highest BCUT2D eigenvalue weighted by Gasteiger charge is 2.35. The van der Waals surface area contributed by atoms with Crippen molar-refractivity contribution < 1.29 is 9.59 Å². The molecule has 0 atom stereocenters. The number of benzene rings is 3. The van der Waals surface area contributed by atoms with E-state index in [1.165, 1.54) is 4.90 Å². The molecule has 5 rings (SSSR count). The fourth-order valence-electron chi connectivity index (χ4n) is 3.91. The average molecular weight is 572 g/mol. The number of para-hydroxylation sites is 1. The topological polar surface area (TPSA) is 42.3 Å². The second kappa shape index (κ2) is 9.62. The van der Waals surface area contributed by atoms with E-state index in [9.17, 15) is 9.59 Å². The van der Waals surface area contributed by atoms with Gasteiger partial charge in [-0.1, -0.05) is 75.5 Å². The molecule has 1 saturated heterocycles. The summed E-state index contributed by atoms with van der Waals surface area (Å²) in [5.74, 6) is -0.328. The lowest BCUT2D eigenvalue weighted by Gasteiger charge is -2.13. The number of carbonyl (C=O) groups is 2. The lowest BCUT2D eigenvalue weighted by atomic mass is 10.1. The van der Waals surface area contributed by atoms with Gasteiger partial charge in [-0.3, -0.25) is 14.5 Å². The number of carbonyl (C=O) groups excluding carboxylic acids is 2. The first-order valence-corrected chi connectivity index (χ1v) is 12.8. The van der Waals surface area contributed by atoms with Crippen molar-refractivity contribution >= 4 is 79.0 Å². The summed E-state index contributed by atoms with van der Waals surface area (Å²) >= 11 is 16.6. The molecule has 0 saturated carbocycles. The van der Waals surface area contributed by atoms with Crippen molar-refractivity contribution in [3.63, 3.8) is 0 Å². The standard InChI is InChI=1S/C26H17BrCl2N2O2S/c27-19-8-5-16(6-9-19)13-30-14-18(21-3-1-2-4-23(21)30)11-24-25(32)31(26(33)34-24)15-17-7-10-20(28)12-22(17)29/h1-12,14H,13,15H2/b24-11-. The highest BCUT2D eigenvalue weighted by atomic mass is 79.9. The minimum Gasteiger partial charge on any atom is -0.342 e. The Kier molecular flexibility index (Phi) is 6.58. The number of amides is 2. The number of hydrogen-bond acceptors (Lipinski definition) is 3. The fourth-order valence-corrected chi connectivity index (χ4v) is 5.47. The Labute approximate surface area is 219 Å². The van der Waals surface area contributed by atoms with Gasteiger partial charge in [0.25, 0.3) is 11.1 Å². The lowest BCUT2D eigenvalue weighted by Crippen LogP contribution is -2.27. The van der Waals surface area contributed by atoms with E-state index in [0.29, 0.717) is 27.1 Å². The molecule has 0 unspecified atom stereocenters.